The molecular formula is C17H25NO2. The first-order valence-corrected chi connectivity index (χ1v) is 7.73. The van der Waals surface area contributed by atoms with Crippen LogP contribution in [-0.4, -0.2) is 36.4 Å². The van der Waals surface area contributed by atoms with Crippen molar-refractivity contribution in [3.8, 4) is 5.75 Å². The molecule has 1 heterocycles. The van der Waals surface area contributed by atoms with E-state index in [0.29, 0.717) is 6.61 Å². The molecule has 1 aromatic rings. The highest BCUT2D eigenvalue weighted by Gasteiger charge is 2.23. The quantitative estimate of drug-likeness (QED) is 0.770. The van der Waals surface area contributed by atoms with Crippen molar-refractivity contribution >= 4 is 5.78 Å². The van der Waals surface area contributed by atoms with E-state index in [1.54, 1.807) is 0 Å². The minimum Gasteiger partial charge on any atom is -0.494 e. The van der Waals surface area contributed by atoms with Crippen molar-refractivity contribution in [2.45, 2.75) is 45.6 Å². The zero-order valence-electron chi connectivity index (χ0n) is 12.6. The van der Waals surface area contributed by atoms with Crippen molar-refractivity contribution in [3.05, 3.63) is 29.8 Å². The first kappa shape index (κ1) is 15.0. The fourth-order valence-corrected chi connectivity index (χ4v) is 2.77. The van der Waals surface area contributed by atoms with Gasteiger partial charge < -0.3 is 4.74 Å². The molecule has 2 rings (SSSR count). The minimum atomic E-state index is -0.0222. The smallest absolute Gasteiger partial charge is 0.179 e. The second kappa shape index (κ2) is 7.44. The highest BCUT2D eigenvalue weighted by Crippen LogP contribution is 2.18. The molecule has 110 valence electrons. The van der Waals surface area contributed by atoms with E-state index in [4.69, 9.17) is 4.74 Å². The Balaban J connectivity index is 2.01. The number of nitrogens with zero attached hydrogens (tertiary/aromatic N) is 1. The highest BCUT2D eigenvalue weighted by atomic mass is 16.5. The molecule has 0 unspecified atom stereocenters. The second-order valence-corrected chi connectivity index (χ2v) is 5.45. The van der Waals surface area contributed by atoms with Crippen molar-refractivity contribution in [3.63, 3.8) is 0 Å². The molecule has 1 fully saturated rings. The van der Waals surface area contributed by atoms with Gasteiger partial charge in [0.15, 0.2) is 5.78 Å². The van der Waals surface area contributed by atoms with Crippen LogP contribution < -0.4 is 4.74 Å². The Morgan fingerprint density at radius 1 is 1.15 bits per heavy atom. The first-order valence-electron chi connectivity index (χ1n) is 7.73. The van der Waals surface area contributed by atoms with E-state index in [2.05, 4.69) is 4.90 Å². The van der Waals surface area contributed by atoms with Gasteiger partial charge in [-0.2, -0.15) is 0 Å². The highest BCUT2D eigenvalue weighted by molar-refractivity contribution is 5.99. The Morgan fingerprint density at radius 3 is 2.30 bits per heavy atom. The van der Waals surface area contributed by atoms with Gasteiger partial charge in [0.2, 0.25) is 0 Å². The minimum absolute atomic E-state index is 0.0222. The molecule has 1 saturated heterocycles. The maximum Gasteiger partial charge on any atom is 0.179 e. The van der Waals surface area contributed by atoms with Crippen molar-refractivity contribution in [2.75, 3.05) is 19.7 Å². The van der Waals surface area contributed by atoms with Gasteiger partial charge >= 0.3 is 0 Å². The molecule has 0 aliphatic carbocycles. The molecule has 0 amide bonds. The topological polar surface area (TPSA) is 29.5 Å². The number of hydrogen-bond acceptors (Lipinski definition) is 3. The number of rotatable bonds is 5. The zero-order valence-corrected chi connectivity index (χ0v) is 12.6. The van der Waals surface area contributed by atoms with Gasteiger partial charge in [0.1, 0.15) is 5.75 Å². The number of likely N-dealkylation sites (tertiary alicyclic amines) is 1. The summed E-state index contributed by atoms with van der Waals surface area (Å²) >= 11 is 0. The van der Waals surface area contributed by atoms with Gasteiger partial charge in [0, 0.05) is 5.56 Å². The zero-order chi connectivity index (χ0) is 14.4. The molecule has 1 aromatic carbocycles. The summed E-state index contributed by atoms with van der Waals surface area (Å²) in [6, 6.07) is 7.49. The predicted molar refractivity (Wildman–Crippen MR) is 81.4 cm³/mol. The van der Waals surface area contributed by atoms with E-state index < -0.39 is 0 Å². The lowest BCUT2D eigenvalue weighted by atomic mass is 10.0. The average Bonchev–Trinajstić information content (AvgIpc) is 2.76. The van der Waals surface area contributed by atoms with Gasteiger partial charge in [-0.25, -0.2) is 0 Å². The second-order valence-electron chi connectivity index (χ2n) is 5.45. The number of ketones is 1. The third kappa shape index (κ3) is 3.83. The summed E-state index contributed by atoms with van der Waals surface area (Å²) in [5, 5.41) is 0. The summed E-state index contributed by atoms with van der Waals surface area (Å²) in [4.78, 5) is 14.9. The normalized spacial score (nSPS) is 18.3. The van der Waals surface area contributed by atoms with Crippen LogP contribution in [0.5, 0.6) is 5.75 Å². The fourth-order valence-electron chi connectivity index (χ4n) is 2.77. The number of Topliss-reactive ketones (excluding diaryl/α,β-unsaturated/α-hetero) is 1. The van der Waals surface area contributed by atoms with E-state index in [1.807, 2.05) is 38.1 Å². The van der Waals surface area contributed by atoms with E-state index in [-0.39, 0.29) is 11.8 Å². The maximum atomic E-state index is 12.5. The molecule has 0 bridgehead atoms. The lowest BCUT2D eigenvalue weighted by molar-refractivity contribution is 0.0843. The molecule has 1 atom stereocenters. The molecule has 20 heavy (non-hydrogen) atoms. The van der Waals surface area contributed by atoms with Crippen LogP contribution in [0.25, 0.3) is 0 Å². The van der Waals surface area contributed by atoms with E-state index in [0.717, 1.165) is 24.4 Å². The van der Waals surface area contributed by atoms with Crippen LogP contribution in [0.3, 0.4) is 0 Å². The molecule has 3 heteroatoms. The first-order chi connectivity index (χ1) is 9.72. The Bertz CT molecular complexity index is 419. The fraction of sp³-hybridized carbons (Fsp3) is 0.588. The molecule has 0 spiro atoms. The molecule has 0 saturated carbocycles. The van der Waals surface area contributed by atoms with Crippen LogP contribution in [0.1, 0.15) is 49.9 Å². The van der Waals surface area contributed by atoms with E-state index >= 15 is 0 Å². The van der Waals surface area contributed by atoms with Crippen molar-refractivity contribution in [2.24, 2.45) is 0 Å². The molecule has 0 radical (unpaired) electrons. The van der Waals surface area contributed by atoms with Crippen LogP contribution in [0.15, 0.2) is 24.3 Å². The standard InChI is InChI=1S/C17H25NO2/c1-3-20-16-10-8-15(9-11-16)17(19)14(2)18-12-6-4-5-7-13-18/h8-11,14H,3-7,12-13H2,1-2H3/t14-/m0/s1. The third-order valence-electron chi connectivity index (χ3n) is 4.02. The number of benzene rings is 1. The molecule has 1 aliphatic heterocycles. The molecule has 1 aliphatic rings. The molecule has 3 nitrogen and oxygen atoms in total. The third-order valence-corrected chi connectivity index (χ3v) is 4.02. The van der Waals surface area contributed by atoms with Crippen molar-refractivity contribution < 1.29 is 9.53 Å². The average molecular weight is 275 g/mol. The number of hydrogen-bond donors (Lipinski definition) is 0. The van der Waals surface area contributed by atoms with E-state index in [1.165, 1.54) is 25.7 Å². The van der Waals surface area contributed by atoms with Crippen LogP contribution in [0.4, 0.5) is 0 Å². The Kier molecular flexibility index (Phi) is 5.60. The van der Waals surface area contributed by atoms with Gasteiger partial charge in [-0.15, -0.1) is 0 Å². The lowest BCUT2D eigenvalue weighted by Crippen LogP contribution is -2.39. The summed E-state index contributed by atoms with van der Waals surface area (Å²) in [5.74, 6) is 1.04. The monoisotopic (exact) mass is 275 g/mol. The van der Waals surface area contributed by atoms with Crippen LogP contribution in [0, 0.1) is 0 Å². The molecule has 0 N–H and O–H groups in total. The van der Waals surface area contributed by atoms with E-state index in [9.17, 15) is 4.79 Å². The summed E-state index contributed by atoms with van der Waals surface area (Å²) in [7, 11) is 0. The summed E-state index contributed by atoms with van der Waals surface area (Å²) in [6.07, 6.45) is 5.00. The van der Waals surface area contributed by atoms with Gasteiger partial charge in [-0.3, -0.25) is 9.69 Å². The Morgan fingerprint density at radius 2 is 1.75 bits per heavy atom. The van der Waals surface area contributed by atoms with Crippen molar-refractivity contribution in [1.29, 1.82) is 0 Å². The Hall–Kier alpha value is -1.35. The summed E-state index contributed by atoms with van der Waals surface area (Å²) in [5.41, 5.74) is 0.783. The largest absolute Gasteiger partial charge is 0.494 e. The summed E-state index contributed by atoms with van der Waals surface area (Å²) in [6.45, 7) is 6.73. The number of carbonyl (C=O) groups excluding carboxylic acids is 1. The molecule has 0 aromatic heterocycles. The van der Waals surface area contributed by atoms with Gasteiger partial charge in [-0.05, 0) is 64.0 Å². The van der Waals surface area contributed by atoms with Crippen molar-refractivity contribution in [1.82, 2.24) is 4.90 Å². The number of carbonyl (C=O) groups is 1. The molecular weight excluding hydrogens is 250 g/mol. The van der Waals surface area contributed by atoms with Crippen LogP contribution in [0.2, 0.25) is 0 Å². The predicted octanol–water partition coefficient (Wildman–Crippen LogP) is 3.53. The van der Waals surface area contributed by atoms with Gasteiger partial charge in [0.05, 0.1) is 12.6 Å². The number of ether oxygens (including phenoxy) is 1. The Labute approximate surface area is 121 Å². The van der Waals surface area contributed by atoms with Crippen LogP contribution in [-0.2, 0) is 0 Å². The maximum absolute atomic E-state index is 12.5. The SMILES string of the molecule is CCOc1ccc(C(=O)[C@H](C)N2CCCCCC2)cc1. The van der Waals surface area contributed by atoms with Crippen LogP contribution >= 0.6 is 0 Å². The lowest BCUT2D eigenvalue weighted by Gasteiger charge is -2.26. The van der Waals surface area contributed by atoms with Gasteiger partial charge in [0.25, 0.3) is 0 Å². The van der Waals surface area contributed by atoms with Gasteiger partial charge in [-0.1, -0.05) is 12.8 Å². The summed E-state index contributed by atoms with van der Waals surface area (Å²) < 4.78 is 5.41.